The molecule has 12 nitrogen and oxygen atoms in total. The second-order valence-corrected chi connectivity index (χ2v) is 21.0. The van der Waals surface area contributed by atoms with E-state index in [0.29, 0.717) is 51.4 Å². The van der Waals surface area contributed by atoms with E-state index in [1.54, 1.807) is 11.3 Å². The monoisotopic (exact) mass is 1010 g/mol. The summed E-state index contributed by atoms with van der Waals surface area (Å²) in [6.07, 6.45) is 2.19. The average molecular weight is 1010 g/mol. The van der Waals surface area contributed by atoms with E-state index >= 15 is 0 Å². The zero-order chi connectivity index (χ0) is 47.8. The van der Waals surface area contributed by atoms with Gasteiger partial charge in [-0.1, -0.05) is 137 Å². The number of benzene rings is 6. The Morgan fingerprint density at radius 2 is 0.972 bits per heavy atom. The summed E-state index contributed by atoms with van der Waals surface area (Å²) in [5.74, 6) is 2.21. The van der Waals surface area contributed by atoms with Gasteiger partial charge < -0.3 is 39.2 Å². The van der Waals surface area contributed by atoms with E-state index in [2.05, 4.69) is 38.7 Å². The normalized spacial score (nSPS) is 14.9. The maximum absolute atomic E-state index is 13.2. The SMILES string of the molecule is CC1(C)CCN2CCC(C)(C)c3c2c1cc1cc(-c2nc4ccccc4s2)c(=O)oc31.[Cu+2].c1ccc2c(c1)-c1nc-2nc2[n-]c(nc3nc(nc4[n-]c(n1)c1ccccc41)-c1ccccc1-3)c1ccccc21. The predicted molar refractivity (Wildman–Crippen MR) is 283 cm³/mol. The van der Waals surface area contributed by atoms with Crippen LogP contribution < -0.4 is 20.5 Å². The maximum atomic E-state index is 13.2. The molecule has 11 aromatic rings. The van der Waals surface area contributed by atoms with Crippen molar-refractivity contribution in [2.45, 2.75) is 51.4 Å². The molecule has 9 heterocycles. The van der Waals surface area contributed by atoms with E-state index < -0.39 is 0 Å². The van der Waals surface area contributed by atoms with Crippen LogP contribution in [0.1, 0.15) is 51.7 Å². The van der Waals surface area contributed by atoms with Gasteiger partial charge in [-0.2, -0.15) is 0 Å². The van der Waals surface area contributed by atoms with Crippen LogP contribution in [0.4, 0.5) is 5.69 Å². The van der Waals surface area contributed by atoms with E-state index in [4.69, 9.17) is 49.3 Å². The Balaban J connectivity index is 0.000000143. The van der Waals surface area contributed by atoms with Crippen molar-refractivity contribution in [3.05, 3.63) is 155 Å². The molecule has 14 heteroatoms. The molecule has 15 rings (SSSR count). The number of thiazole rings is 1. The first-order valence-electron chi connectivity index (χ1n) is 23.9. The van der Waals surface area contributed by atoms with Gasteiger partial charge in [-0.15, -0.1) is 11.3 Å². The van der Waals surface area contributed by atoms with Gasteiger partial charge in [0.25, 0.3) is 0 Å². The minimum absolute atomic E-state index is 0. The number of nitrogens with zero attached hydrogens (tertiary/aromatic N) is 10. The van der Waals surface area contributed by atoms with Crippen molar-refractivity contribution < 1.29 is 21.5 Å². The number of fused-ring (bicyclic) bond motifs is 23. The Morgan fingerprint density at radius 3 is 1.46 bits per heavy atom. The molecule has 1 radical (unpaired) electrons. The summed E-state index contributed by atoms with van der Waals surface area (Å²) < 4.78 is 7.18. The standard InChI is InChI=1S/C32H16N8.C26H26N2O2S.Cu/c1-2-10-18-17(9-1)25-33-26(18)38-28-21-13-5-6-14-22(21)30(35-28)40-32-24-16-8-7-15-23(24)31(36-32)39-29-20-12-4-3-11-19(20)27(34-29)37-25;1-25(2)9-11-28-12-10-26(3,4)20-21(28)17(25)14-15-13-16(24(29)30-22(15)20)23-27-18-7-5-6-8-19(18)31-23;/h1-16H;5-8,13-14H,9-12H2,1-4H3;/q-2;;+2. The van der Waals surface area contributed by atoms with Crippen LogP contribution in [0.3, 0.4) is 0 Å². The Bertz CT molecular complexity index is 3970. The summed E-state index contributed by atoms with van der Waals surface area (Å²) in [5, 5.41) is 5.31. The first kappa shape index (κ1) is 44.1. The van der Waals surface area contributed by atoms with Gasteiger partial charge in [0.05, 0.1) is 39.1 Å². The summed E-state index contributed by atoms with van der Waals surface area (Å²) in [4.78, 5) is 59.7. The summed E-state index contributed by atoms with van der Waals surface area (Å²) in [5.41, 5.74) is 11.6. The molecule has 0 unspecified atom stereocenters. The van der Waals surface area contributed by atoms with Crippen LogP contribution >= 0.6 is 11.3 Å². The molecule has 72 heavy (non-hydrogen) atoms. The van der Waals surface area contributed by atoms with Gasteiger partial charge >= 0.3 is 22.7 Å². The maximum Gasteiger partial charge on any atom is 2.00 e. The minimum Gasteiger partial charge on any atom is -0.422 e. The van der Waals surface area contributed by atoms with Crippen molar-refractivity contribution in [1.29, 1.82) is 0 Å². The molecule has 0 saturated carbocycles. The zero-order valence-electron chi connectivity index (χ0n) is 39.5. The third-order valence-electron chi connectivity index (χ3n) is 14.6. The molecule has 0 fully saturated rings. The molecule has 0 amide bonds. The van der Waals surface area contributed by atoms with Crippen LogP contribution in [-0.2, 0) is 27.9 Å². The molecule has 4 aliphatic rings. The van der Waals surface area contributed by atoms with Gasteiger partial charge in [-0.05, 0) is 75.0 Å². The van der Waals surface area contributed by atoms with Gasteiger partial charge in [0.1, 0.15) is 10.6 Å². The molecule has 353 valence electrons. The van der Waals surface area contributed by atoms with Gasteiger partial charge in [-0.25, -0.2) is 19.7 Å². The smallest absolute Gasteiger partial charge is 0.422 e. The number of rotatable bonds is 1. The van der Waals surface area contributed by atoms with Gasteiger partial charge in [0, 0.05) is 74.6 Å². The first-order valence-corrected chi connectivity index (χ1v) is 24.7. The number of para-hydroxylation sites is 1. The minimum atomic E-state index is -0.300. The van der Waals surface area contributed by atoms with Crippen molar-refractivity contribution in [1.82, 2.24) is 44.9 Å². The Labute approximate surface area is 426 Å². The number of anilines is 1. The van der Waals surface area contributed by atoms with Crippen LogP contribution in [0.2, 0.25) is 0 Å². The summed E-state index contributed by atoms with van der Waals surface area (Å²) in [6.45, 7) is 11.3. The number of aromatic nitrogens is 9. The molecule has 4 aliphatic heterocycles. The van der Waals surface area contributed by atoms with Crippen molar-refractivity contribution in [3.63, 3.8) is 0 Å². The summed E-state index contributed by atoms with van der Waals surface area (Å²) >= 11 is 1.54. The summed E-state index contributed by atoms with van der Waals surface area (Å²) in [7, 11) is 0. The molecule has 0 saturated heterocycles. The van der Waals surface area contributed by atoms with Crippen molar-refractivity contribution in [3.8, 4) is 56.1 Å². The third kappa shape index (κ3) is 6.91. The van der Waals surface area contributed by atoms with Gasteiger partial charge in [0.15, 0.2) is 0 Å². The molecule has 5 aromatic heterocycles. The summed E-state index contributed by atoms with van der Waals surface area (Å²) in [6, 6.07) is 44.1. The Morgan fingerprint density at radius 1 is 0.528 bits per heavy atom. The van der Waals surface area contributed by atoms with Crippen LogP contribution in [0, 0.1) is 0 Å². The van der Waals surface area contributed by atoms with Crippen LogP contribution in [-0.4, -0.2) is 48.0 Å². The fourth-order valence-corrected chi connectivity index (χ4v) is 11.7. The van der Waals surface area contributed by atoms with Crippen molar-refractivity contribution in [2.24, 2.45) is 0 Å². The van der Waals surface area contributed by atoms with Gasteiger partial charge in [-0.3, -0.25) is 0 Å². The molecule has 0 atom stereocenters. The van der Waals surface area contributed by atoms with Crippen molar-refractivity contribution >= 4 is 82.3 Å². The topological polar surface area (TPSA) is 152 Å². The second-order valence-electron chi connectivity index (χ2n) is 19.9. The van der Waals surface area contributed by atoms with Crippen LogP contribution in [0.25, 0.3) is 121 Å². The number of hydrogen-bond acceptors (Lipinski definition) is 11. The molecule has 8 bridgehead atoms. The Hall–Kier alpha value is -7.90. The molecule has 0 N–H and O–H groups in total. The van der Waals surface area contributed by atoms with E-state index in [1.807, 2.05) is 127 Å². The quantitative estimate of drug-likeness (QED) is 0.114. The zero-order valence-corrected chi connectivity index (χ0v) is 41.3. The third-order valence-corrected chi connectivity index (χ3v) is 15.7. The van der Waals surface area contributed by atoms with Crippen LogP contribution in [0.5, 0.6) is 0 Å². The van der Waals surface area contributed by atoms with E-state index in [1.165, 1.54) is 16.8 Å². The molecular formula is C58H42CuN10O2S. The first-order chi connectivity index (χ1) is 34.5. The van der Waals surface area contributed by atoms with Gasteiger partial charge in [0.2, 0.25) is 0 Å². The Kier molecular flexibility index (Phi) is 9.99. The largest absolute Gasteiger partial charge is 2.00 e. The van der Waals surface area contributed by atoms with E-state index in [9.17, 15) is 4.79 Å². The number of hydrogen-bond donors (Lipinski definition) is 0. The molecule has 0 aliphatic carbocycles. The van der Waals surface area contributed by atoms with Crippen molar-refractivity contribution in [2.75, 3.05) is 18.0 Å². The molecular weight excluding hydrogens is 964 g/mol. The molecule has 0 spiro atoms. The fraction of sp³-hybridized carbons (Fsp3) is 0.172. The predicted octanol–water partition coefficient (Wildman–Crippen LogP) is 12.4. The fourth-order valence-electron chi connectivity index (χ4n) is 10.7. The second kappa shape index (κ2) is 16.3. The van der Waals surface area contributed by atoms with E-state index in [-0.39, 0.29) is 33.5 Å². The van der Waals surface area contributed by atoms with E-state index in [0.717, 1.165) is 95.9 Å². The van der Waals surface area contributed by atoms with Crippen LogP contribution in [0.15, 0.2) is 143 Å². The molecule has 6 aromatic carbocycles. The average Bonchev–Trinajstić information content (AvgIpc) is 4.20.